The minimum atomic E-state index is -1.90. The first-order valence-electron chi connectivity index (χ1n) is 12.7. The molecule has 1 aliphatic heterocycles. The molecule has 1 fully saturated rings. The first-order valence-corrected chi connectivity index (χ1v) is 12.7. The van der Waals surface area contributed by atoms with Gasteiger partial charge < -0.3 is 40.4 Å². The number of hydrogen-bond acceptors (Lipinski definition) is 11. The van der Waals surface area contributed by atoms with E-state index in [1.54, 1.807) is 6.92 Å². The molecule has 1 saturated heterocycles. The molecule has 5 rings (SSSR count). The molecule has 0 bridgehead atoms. The molecule has 2 aliphatic carbocycles. The van der Waals surface area contributed by atoms with Crippen molar-refractivity contribution < 1.29 is 49.0 Å². The van der Waals surface area contributed by atoms with Gasteiger partial charge in [-0.1, -0.05) is 12.1 Å². The van der Waals surface area contributed by atoms with E-state index in [4.69, 9.17) is 19.9 Å². The van der Waals surface area contributed by atoms with Crippen molar-refractivity contribution in [3.05, 3.63) is 51.6 Å². The van der Waals surface area contributed by atoms with Gasteiger partial charge in [-0.2, -0.15) is 0 Å². The summed E-state index contributed by atoms with van der Waals surface area (Å²) >= 11 is 0. The van der Waals surface area contributed by atoms with Gasteiger partial charge >= 0.3 is 0 Å². The number of hydrogen-bond donors (Lipinski definition) is 5. The largest absolute Gasteiger partial charge is 0.507 e. The smallest absolute Gasteiger partial charge is 0.202 e. The van der Waals surface area contributed by atoms with Crippen molar-refractivity contribution in [2.24, 2.45) is 5.73 Å². The second kappa shape index (κ2) is 9.68. The lowest BCUT2D eigenvalue weighted by atomic mass is 9.79. The van der Waals surface area contributed by atoms with E-state index < -0.39 is 70.7 Å². The third-order valence-electron chi connectivity index (χ3n) is 8.12. The zero-order chi connectivity index (χ0) is 28.4. The fourth-order valence-electron chi connectivity index (χ4n) is 5.85. The summed E-state index contributed by atoms with van der Waals surface area (Å²) in [5.41, 5.74) is 3.38. The third-order valence-corrected chi connectivity index (χ3v) is 8.12. The first-order chi connectivity index (χ1) is 18.4. The molecule has 2 aromatic rings. The predicted molar refractivity (Wildman–Crippen MR) is 135 cm³/mol. The van der Waals surface area contributed by atoms with Crippen LogP contribution in [-0.4, -0.2) is 75.0 Å². The van der Waals surface area contributed by atoms with Gasteiger partial charge in [0.1, 0.15) is 22.8 Å². The van der Waals surface area contributed by atoms with Gasteiger partial charge in [0.25, 0.3) is 0 Å². The number of aliphatic hydroxyl groups is 2. The van der Waals surface area contributed by atoms with Crippen LogP contribution in [-0.2, 0) is 20.7 Å². The molecule has 3 aliphatic rings. The van der Waals surface area contributed by atoms with Crippen molar-refractivity contribution in [3.63, 3.8) is 0 Å². The summed E-state index contributed by atoms with van der Waals surface area (Å²) in [6, 6.07) is 3.79. The van der Waals surface area contributed by atoms with E-state index >= 15 is 0 Å². The number of nitrogens with two attached hydrogens (primary N) is 1. The standard InChI is InChI=1S/C28H31NO10/c1-11-23(31)15(29)9-18(38-11)39-17-10-28(36,12(2)30)8-7-14-20(17)27(35)22-21(25(14)33)24(32)13-5-4-6-16(37-3)19(13)26(22)34/h4-6,11,15,17-18,23,31,33,35-36H,7-10,29H2,1-3H3/t11-,15-,17-,18-,23+,28+/m0/s1. The highest BCUT2D eigenvalue weighted by Crippen LogP contribution is 2.51. The maximum Gasteiger partial charge on any atom is 0.202 e. The molecule has 0 spiro atoms. The second-order valence-corrected chi connectivity index (χ2v) is 10.5. The van der Waals surface area contributed by atoms with Crippen molar-refractivity contribution in [2.45, 2.75) is 75.8 Å². The number of benzene rings is 2. The molecule has 6 atom stereocenters. The number of aliphatic hydroxyl groups excluding tert-OH is 1. The molecular weight excluding hydrogens is 510 g/mol. The van der Waals surface area contributed by atoms with Crippen molar-refractivity contribution in [1.29, 1.82) is 0 Å². The zero-order valence-corrected chi connectivity index (χ0v) is 21.8. The summed E-state index contributed by atoms with van der Waals surface area (Å²) in [6.45, 7) is 2.83. The van der Waals surface area contributed by atoms with Crippen LogP contribution in [0.3, 0.4) is 0 Å². The fraction of sp³-hybridized carbons (Fsp3) is 0.464. The molecule has 11 nitrogen and oxygen atoms in total. The van der Waals surface area contributed by atoms with Crippen LogP contribution >= 0.6 is 0 Å². The number of rotatable bonds is 4. The summed E-state index contributed by atoms with van der Waals surface area (Å²) in [5.74, 6) is -2.97. The van der Waals surface area contributed by atoms with E-state index in [1.807, 2.05) is 0 Å². The molecule has 11 heteroatoms. The van der Waals surface area contributed by atoms with Crippen LogP contribution in [0.2, 0.25) is 0 Å². The van der Waals surface area contributed by atoms with Gasteiger partial charge in [-0.05, 0) is 32.8 Å². The van der Waals surface area contributed by atoms with Gasteiger partial charge in [0, 0.05) is 35.6 Å². The molecule has 0 saturated carbocycles. The van der Waals surface area contributed by atoms with Crippen LogP contribution in [0, 0.1) is 0 Å². The Morgan fingerprint density at radius 2 is 1.82 bits per heavy atom. The van der Waals surface area contributed by atoms with Gasteiger partial charge in [-0.3, -0.25) is 14.4 Å². The highest BCUT2D eigenvalue weighted by molar-refractivity contribution is 6.31. The average Bonchev–Trinajstić information content (AvgIpc) is 3.04. The van der Waals surface area contributed by atoms with Crippen molar-refractivity contribution in [3.8, 4) is 17.2 Å². The summed E-state index contributed by atoms with van der Waals surface area (Å²) in [7, 11) is 1.34. The fourth-order valence-corrected chi connectivity index (χ4v) is 5.85. The van der Waals surface area contributed by atoms with Gasteiger partial charge in [0.2, 0.25) is 5.78 Å². The highest BCUT2D eigenvalue weighted by Gasteiger charge is 2.47. The van der Waals surface area contributed by atoms with Crippen LogP contribution in [0.5, 0.6) is 17.2 Å². The molecule has 0 unspecified atom stereocenters. The molecule has 0 aromatic heterocycles. The van der Waals surface area contributed by atoms with Crippen LogP contribution < -0.4 is 10.5 Å². The van der Waals surface area contributed by atoms with E-state index in [9.17, 15) is 34.8 Å². The minimum absolute atomic E-state index is 0.0142. The number of fused-ring (bicyclic) bond motifs is 3. The van der Waals surface area contributed by atoms with E-state index in [1.165, 1.54) is 32.2 Å². The lowest BCUT2D eigenvalue weighted by Crippen LogP contribution is -2.52. The maximum absolute atomic E-state index is 13.7. The predicted octanol–water partition coefficient (Wildman–Crippen LogP) is 1.42. The van der Waals surface area contributed by atoms with Crippen LogP contribution in [0.25, 0.3) is 0 Å². The summed E-state index contributed by atoms with van der Waals surface area (Å²) in [5, 5.41) is 44.4. The normalized spacial score (nSPS) is 30.2. The Balaban J connectivity index is 1.69. The van der Waals surface area contributed by atoms with E-state index in [0.717, 1.165) is 0 Å². The van der Waals surface area contributed by atoms with Crippen molar-refractivity contribution in [1.82, 2.24) is 0 Å². The number of phenolic OH excluding ortho intramolecular Hbond substituents is 2. The van der Waals surface area contributed by atoms with Gasteiger partial charge in [-0.25, -0.2) is 0 Å². The highest BCUT2D eigenvalue weighted by atomic mass is 16.7. The van der Waals surface area contributed by atoms with Crippen molar-refractivity contribution >= 4 is 17.3 Å². The number of ketones is 3. The molecule has 0 amide bonds. The Bertz CT molecular complexity index is 1380. The molecule has 6 N–H and O–H groups in total. The van der Waals surface area contributed by atoms with Gasteiger partial charge in [0.05, 0.1) is 42.1 Å². The molecular formula is C28H31NO10. The Morgan fingerprint density at radius 3 is 2.46 bits per heavy atom. The van der Waals surface area contributed by atoms with Gasteiger partial charge in [-0.15, -0.1) is 0 Å². The van der Waals surface area contributed by atoms with Crippen LogP contribution in [0.1, 0.15) is 82.2 Å². The minimum Gasteiger partial charge on any atom is -0.507 e. The average molecular weight is 542 g/mol. The van der Waals surface area contributed by atoms with Gasteiger partial charge in [0.15, 0.2) is 17.9 Å². The summed E-state index contributed by atoms with van der Waals surface area (Å²) in [6.07, 6.45) is -4.36. The molecule has 1 heterocycles. The van der Waals surface area contributed by atoms with Crippen molar-refractivity contribution in [2.75, 3.05) is 7.11 Å². The van der Waals surface area contributed by atoms with E-state index in [0.29, 0.717) is 0 Å². The third kappa shape index (κ3) is 4.21. The molecule has 39 heavy (non-hydrogen) atoms. The van der Waals surface area contributed by atoms with E-state index in [2.05, 4.69) is 0 Å². The number of phenols is 2. The molecule has 0 radical (unpaired) electrons. The molecule has 208 valence electrons. The van der Waals surface area contributed by atoms with E-state index in [-0.39, 0.29) is 59.3 Å². The zero-order valence-electron chi connectivity index (χ0n) is 21.8. The summed E-state index contributed by atoms with van der Waals surface area (Å²) in [4.78, 5) is 39.8. The second-order valence-electron chi connectivity index (χ2n) is 10.5. The summed E-state index contributed by atoms with van der Waals surface area (Å²) < 4.78 is 17.2. The maximum atomic E-state index is 13.7. The topological polar surface area (TPSA) is 186 Å². The Labute approximate surface area is 224 Å². The number of carbonyl (C=O) groups excluding carboxylic acids is 3. The lowest BCUT2D eigenvalue weighted by Gasteiger charge is -2.38. The number of aromatic hydroxyl groups is 2. The number of ether oxygens (including phenoxy) is 3. The quantitative estimate of drug-likeness (QED) is 0.238. The lowest BCUT2D eigenvalue weighted by molar-refractivity contribution is -0.245. The Hall–Kier alpha value is -3.35. The monoisotopic (exact) mass is 541 g/mol. The van der Waals surface area contributed by atoms with Crippen LogP contribution in [0.4, 0.5) is 0 Å². The number of carbonyl (C=O) groups is 3. The first kappa shape index (κ1) is 27.2. The number of Topliss-reactive ketones (excluding diaryl/α,β-unsaturated/α-hetero) is 1. The Kier molecular flexibility index (Phi) is 6.76. The number of methoxy groups -OCH3 is 1. The molecule has 2 aromatic carbocycles. The van der Waals surface area contributed by atoms with Crippen LogP contribution in [0.15, 0.2) is 18.2 Å². The SMILES string of the molecule is COc1cccc2c1C(=O)c1c(O)c3c(c(O)c1C2=O)CC[C@](O)(C(C)=O)C[C@@H]3O[C@H]1C[C@H](N)[C@H](O)[C@H](C)O1. The Morgan fingerprint density at radius 1 is 1.13 bits per heavy atom.